The van der Waals surface area contributed by atoms with Crippen LogP contribution in [0.4, 0.5) is 0 Å². The van der Waals surface area contributed by atoms with E-state index in [1.807, 2.05) is 19.9 Å². The van der Waals surface area contributed by atoms with Crippen molar-refractivity contribution < 1.29 is 44.5 Å². The summed E-state index contributed by atoms with van der Waals surface area (Å²) in [6.07, 6.45) is 11.3. The van der Waals surface area contributed by atoms with Crippen molar-refractivity contribution in [3.8, 4) is 0 Å². The highest BCUT2D eigenvalue weighted by molar-refractivity contribution is 5.43. The van der Waals surface area contributed by atoms with Crippen LogP contribution in [0, 0.1) is 80.8 Å². The molecule has 11 heteroatoms. The molecular weight excluding hydrogens is 821 g/mol. The van der Waals surface area contributed by atoms with Gasteiger partial charge in [-0.05, 0) is 144 Å². The van der Waals surface area contributed by atoms with E-state index >= 15 is 0 Å². The fourth-order valence-corrected chi connectivity index (χ4v) is 19.9. The summed E-state index contributed by atoms with van der Waals surface area (Å²) < 4.78 is 26.8. The predicted molar refractivity (Wildman–Crippen MR) is 240 cm³/mol. The first kappa shape index (κ1) is 43.5. The largest absolute Gasteiger partial charge is 0.393 e. The average Bonchev–Trinajstić information content (AvgIpc) is 3.94. The lowest BCUT2D eigenvalue weighted by atomic mass is 9.43. The summed E-state index contributed by atoms with van der Waals surface area (Å²) in [6, 6.07) is 0. The Balaban J connectivity index is 0.767. The molecule has 1 aromatic rings. The number of hydrogen-bond donors (Lipinski definition) is 5. The summed E-state index contributed by atoms with van der Waals surface area (Å²) >= 11 is 0. The summed E-state index contributed by atoms with van der Waals surface area (Å²) in [7, 11) is 0. The van der Waals surface area contributed by atoms with Gasteiger partial charge >= 0.3 is 0 Å². The SMILES string of the molecule is C[C@@H]1[C@@]2(CC[C@](C)(O)CO2)O[C@H]2C=C3[C@@H]4[C@@H](O)C[C@H]5Cc6nc7c(nc6C[C@]5(C)[C@H]4C[C@@H](O)[C@]3(C)[C@]21O)C[C@@H]1CC[C@H]2[C@H]3C[C@@H]4O[C@@]5(CCC(C)(C)O5)[C@@H](C)[C@@H]4[C@@]3(C)[C@H](O)C[C@@H]2[C@@]1(C)C7. The number of aromatic nitrogens is 2. The van der Waals surface area contributed by atoms with Crippen molar-refractivity contribution in [3.05, 3.63) is 34.4 Å². The second-order valence-electron chi connectivity index (χ2n) is 26.8. The van der Waals surface area contributed by atoms with Gasteiger partial charge in [0.25, 0.3) is 0 Å². The minimum absolute atomic E-state index is 0.00200. The number of nitrogens with zero attached hydrogens (tertiary/aromatic N) is 2. The van der Waals surface area contributed by atoms with Crippen molar-refractivity contribution in [1.82, 2.24) is 9.97 Å². The van der Waals surface area contributed by atoms with Crippen LogP contribution in [0.25, 0.3) is 0 Å². The highest BCUT2D eigenvalue weighted by atomic mass is 16.7. The summed E-state index contributed by atoms with van der Waals surface area (Å²) in [5, 5.41) is 60.9. The van der Waals surface area contributed by atoms with E-state index in [4.69, 9.17) is 28.9 Å². The molecular formula is C54H78N2O9. The normalized spacial score (nSPS) is 59.8. The Bertz CT molecular complexity index is 2240. The van der Waals surface area contributed by atoms with E-state index in [9.17, 15) is 25.5 Å². The molecule has 5 saturated carbocycles. The van der Waals surface area contributed by atoms with Crippen LogP contribution in [0.3, 0.4) is 0 Å². The van der Waals surface area contributed by atoms with Gasteiger partial charge in [-0.3, -0.25) is 9.97 Å². The van der Waals surface area contributed by atoms with Crippen molar-refractivity contribution in [3.63, 3.8) is 0 Å². The maximum absolute atomic E-state index is 12.9. The molecule has 8 aliphatic carbocycles. The van der Waals surface area contributed by atoms with Crippen LogP contribution in [0.5, 0.6) is 0 Å². The van der Waals surface area contributed by atoms with Gasteiger partial charge < -0.3 is 44.5 Å². The van der Waals surface area contributed by atoms with Crippen LogP contribution in [-0.2, 0) is 44.6 Å². The third kappa shape index (κ3) is 5.20. The van der Waals surface area contributed by atoms with Gasteiger partial charge in [0.2, 0.25) is 0 Å². The Labute approximate surface area is 386 Å². The van der Waals surface area contributed by atoms with Gasteiger partial charge in [0.15, 0.2) is 11.6 Å². The first-order valence-electron chi connectivity index (χ1n) is 26.2. The van der Waals surface area contributed by atoms with Gasteiger partial charge in [-0.15, -0.1) is 0 Å². The first-order chi connectivity index (χ1) is 30.4. The number of ether oxygens (including phenoxy) is 4. The molecule has 1 aromatic heterocycles. The monoisotopic (exact) mass is 899 g/mol. The molecule has 65 heavy (non-hydrogen) atoms. The fourth-order valence-electron chi connectivity index (χ4n) is 19.9. The lowest BCUT2D eigenvalue weighted by Gasteiger charge is -2.62. The molecule has 358 valence electrons. The zero-order valence-corrected chi connectivity index (χ0v) is 40.6. The van der Waals surface area contributed by atoms with Gasteiger partial charge in [-0.25, -0.2) is 0 Å². The lowest BCUT2D eigenvalue weighted by molar-refractivity contribution is -0.289. The second kappa shape index (κ2) is 13.0. The van der Waals surface area contributed by atoms with E-state index in [-0.39, 0.29) is 64.3 Å². The highest BCUT2D eigenvalue weighted by Crippen LogP contribution is 2.73. The summed E-state index contributed by atoms with van der Waals surface area (Å²) in [5.74, 6) is 0.428. The molecule has 23 atom stereocenters. The van der Waals surface area contributed by atoms with Crippen LogP contribution in [0.2, 0.25) is 0 Å². The molecule has 5 heterocycles. The van der Waals surface area contributed by atoms with Crippen LogP contribution >= 0.6 is 0 Å². The number of aliphatic hydroxyl groups excluding tert-OH is 3. The Hall–Kier alpha value is -1.54. The Morgan fingerprint density at radius 1 is 0.677 bits per heavy atom. The van der Waals surface area contributed by atoms with Crippen LogP contribution < -0.4 is 0 Å². The zero-order valence-electron chi connectivity index (χ0n) is 40.6. The molecule has 13 rings (SSSR count). The molecule has 9 fully saturated rings. The molecule has 0 radical (unpaired) electrons. The minimum Gasteiger partial charge on any atom is -0.393 e. The molecule has 4 saturated heterocycles. The summed E-state index contributed by atoms with van der Waals surface area (Å²) in [4.78, 5) is 11.2. The first-order valence-corrected chi connectivity index (χ1v) is 26.2. The molecule has 4 aliphatic heterocycles. The Morgan fingerprint density at radius 2 is 1.34 bits per heavy atom. The Kier molecular flexibility index (Phi) is 8.73. The third-order valence-electron chi connectivity index (χ3n) is 23.7. The predicted octanol–water partition coefficient (Wildman–Crippen LogP) is 6.40. The standard InChI is InChI=1S/C54H78N2O9/c1-26-45-40(63-52(26)14-12-46(3,4)65-52)19-32-30-11-10-28-16-35-37(23-48(28,6)31(30)20-41(58)50(32,45)8)56-36-17-29-18-39(57)44-33(49(29,7)24-38(36)55-35)21-42(59)51(9)34(44)22-43-54(51,61)27(2)53(64-43)15-13-47(5,60)25-62-53/h22,26-33,39-45,57-61H,10-21,23-25H2,1-9H3/t26-,27+,28-,29+,30+,31-,32+,33-,39-,40-,41+,42+,43-,44+,45-,47-,48-,49-,50+,51+,52+,53+,54+/m0/s1. The number of aliphatic hydroxyl groups is 5. The van der Waals surface area contributed by atoms with E-state index in [0.717, 1.165) is 74.0 Å². The number of rotatable bonds is 0. The molecule has 0 aromatic carbocycles. The molecule has 5 N–H and O–H groups in total. The minimum atomic E-state index is -1.42. The maximum Gasteiger partial charge on any atom is 0.174 e. The van der Waals surface area contributed by atoms with E-state index in [1.165, 1.54) is 18.5 Å². The van der Waals surface area contributed by atoms with Crippen LogP contribution in [0.15, 0.2) is 11.6 Å². The fraction of sp³-hybridized carbons (Fsp3) is 0.889. The van der Waals surface area contributed by atoms with Gasteiger partial charge in [-0.1, -0.05) is 53.2 Å². The number of hydrogen-bond acceptors (Lipinski definition) is 11. The highest BCUT2D eigenvalue weighted by Gasteiger charge is 2.78. The second-order valence-corrected chi connectivity index (χ2v) is 26.8. The van der Waals surface area contributed by atoms with Gasteiger partial charge in [0, 0.05) is 47.3 Å². The summed E-state index contributed by atoms with van der Waals surface area (Å²) in [6.45, 7) is 19.9. The molecule has 0 amide bonds. The van der Waals surface area contributed by atoms with Crippen molar-refractivity contribution in [1.29, 1.82) is 0 Å². The summed E-state index contributed by atoms with van der Waals surface area (Å²) in [5.41, 5.74) is 1.52. The van der Waals surface area contributed by atoms with Crippen LogP contribution in [-0.4, -0.2) is 101 Å². The quantitative estimate of drug-likeness (QED) is 0.183. The molecule has 0 unspecified atom stereocenters. The molecule has 11 nitrogen and oxygen atoms in total. The smallest absolute Gasteiger partial charge is 0.174 e. The van der Waals surface area contributed by atoms with Crippen molar-refractivity contribution in [2.24, 2.45) is 80.8 Å². The molecule has 0 bridgehead atoms. The molecule has 2 spiro atoms. The lowest BCUT2D eigenvalue weighted by Crippen LogP contribution is -2.66. The zero-order chi connectivity index (χ0) is 45.6. The van der Waals surface area contributed by atoms with E-state index in [0.29, 0.717) is 55.3 Å². The average molecular weight is 899 g/mol. The van der Waals surface area contributed by atoms with Crippen molar-refractivity contribution in [2.45, 2.75) is 211 Å². The van der Waals surface area contributed by atoms with E-state index in [2.05, 4.69) is 41.5 Å². The molecule has 12 aliphatic rings. The van der Waals surface area contributed by atoms with Crippen LogP contribution in [0.1, 0.15) is 149 Å². The van der Waals surface area contributed by atoms with E-state index < -0.39 is 52.4 Å². The maximum atomic E-state index is 12.9. The van der Waals surface area contributed by atoms with E-state index in [1.54, 1.807) is 6.92 Å². The van der Waals surface area contributed by atoms with Gasteiger partial charge in [0.1, 0.15) is 11.7 Å². The van der Waals surface area contributed by atoms with Crippen molar-refractivity contribution in [2.75, 3.05) is 6.61 Å². The topological polar surface area (TPSA) is 164 Å². The Morgan fingerprint density at radius 3 is 2.00 bits per heavy atom. The van der Waals surface area contributed by atoms with Gasteiger partial charge in [0.05, 0.1) is 65.0 Å². The van der Waals surface area contributed by atoms with Gasteiger partial charge in [-0.2, -0.15) is 0 Å². The third-order valence-corrected chi connectivity index (χ3v) is 23.7. The van der Waals surface area contributed by atoms with Crippen molar-refractivity contribution >= 4 is 0 Å². The number of fused-ring (bicyclic) bond motifs is 16.